The number of nitrogens with zero attached hydrogens (tertiary/aromatic N) is 2. The molecule has 0 unspecified atom stereocenters. The lowest BCUT2D eigenvalue weighted by molar-refractivity contribution is -0.134. The van der Waals surface area contributed by atoms with Gasteiger partial charge in [-0.05, 0) is 36.3 Å². The zero-order chi connectivity index (χ0) is 19.4. The summed E-state index contributed by atoms with van der Waals surface area (Å²) in [5.74, 6) is -0.768. The fourth-order valence-corrected chi connectivity index (χ4v) is 4.05. The Morgan fingerprint density at radius 3 is 2.41 bits per heavy atom. The van der Waals surface area contributed by atoms with Gasteiger partial charge >= 0.3 is 16.2 Å². The van der Waals surface area contributed by atoms with E-state index in [-0.39, 0.29) is 18.9 Å². The highest BCUT2D eigenvalue weighted by Crippen LogP contribution is 2.30. The van der Waals surface area contributed by atoms with Crippen LogP contribution in [0, 0.1) is 0 Å². The molecule has 0 aliphatic carbocycles. The summed E-state index contributed by atoms with van der Waals surface area (Å²) in [7, 11) is -4.10. The molecule has 6 nitrogen and oxygen atoms in total. The van der Waals surface area contributed by atoms with E-state index in [0.29, 0.717) is 11.3 Å². The number of carbonyl (C=O) groups excluding carboxylic acids is 1. The van der Waals surface area contributed by atoms with E-state index in [1.54, 1.807) is 31.2 Å². The van der Waals surface area contributed by atoms with Crippen LogP contribution in [0.3, 0.4) is 0 Å². The first-order valence-corrected chi connectivity index (χ1v) is 10.4. The molecule has 0 amide bonds. The number of ether oxygens (including phenoxy) is 1. The molecule has 0 N–H and O–H groups in total. The second kappa shape index (κ2) is 8.06. The van der Waals surface area contributed by atoms with Gasteiger partial charge in [0.2, 0.25) is 0 Å². The quantitative estimate of drug-likeness (QED) is 0.655. The Morgan fingerprint density at radius 2 is 1.78 bits per heavy atom. The number of esters is 1. The van der Waals surface area contributed by atoms with E-state index in [0.717, 1.165) is 10.0 Å². The van der Waals surface area contributed by atoms with Crippen LogP contribution in [-0.4, -0.2) is 31.0 Å². The lowest BCUT2D eigenvalue weighted by Gasteiger charge is -2.28. The summed E-state index contributed by atoms with van der Waals surface area (Å²) in [6.45, 7) is 1.88. The summed E-state index contributed by atoms with van der Waals surface area (Å²) in [4.78, 5) is 12.1. The number of hydrogen-bond acceptors (Lipinski definition) is 4. The van der Waals surface area contributed by atoms with E-state index in [2.05, 4.69) is 20.3 Å². The summed E-state index contributed by atoms with van der Waals surface area (Å²) in [5.41, 5.74) is 1.58. The maximum atomic E-state index is 12.8. The van der Waals surface area contributed by atoms with Crippen molar-refractivity contribution in [1.29, 1.82) is 0 Å². The number of hydrogen-bond donors (Lipinski definition) is 0. The molecular weight excluding hydrogens is 432 g/mol. The number of rotatable bonds is 5. The lowest BCUT2D eigenvalue weighted by Crippen LogP contribution is -2.34. The summed E-state index contributed by atoms with van der Waals surface area (Å²) in [5, 5.41) is 0. The van der Waals surface area contributed by atoms with E-state index in [1.807, 2.05) is 30.3 Å². The molecular formula is C19H17BrN2O4S. The second-order valence-electron chi connectivity index (χ2n) is 5.70. The molecule has 0 fully saturated rings. The van der Waals surface area contributed by atoms with Gasteiger partial charge < -0.3 is 4.74 Å². The maximum Gasteiger partial charge on any atom is 0.357 e. The predicted molar refractivity (Wildman–Crippen MR) is 107 cm³/mol. The third-order valence-corrected chi connectivity index (χ3v) is 5.67. The van der Waals surface area contributed by atoms with Crippen molar-refractivity contribution < 1.29 is 17.9 Å². The predicted octanol–water partition coefficient (Wildman–Crippen LogP) is 3.55. The molecule has 0 saturated heterocycles. The Balaban J connectivity index is 2.08. The van der Waals surface area contributed by atoms with Gasteiger partial charge in [-0.25, -0.2) is 9.10 Å². The maximum absolute atomic E-state index is 12.8. The van der Waals surface area contributed by atoms with Crippen molar-refractivity contribution in [3.63, 3.8) is 0 Å². The number of carbonyl (C=O) groups is 1. The van der Waals surface area contributed by atoms with Gasteiger partial charge in [0.15, 0.2) is 5.71 Å². The summed E-state index contributed by atoms with van der Waals surface area (Å²) < 4.78 is 36.3. The van der Waals surface area contributed by atoms with Crippen LogP contribution in [0.2, 0.25) is 0 Å². The molecule has 1 heterocycles. The minimum absolute atomic E-state index is 0.102. The van der Waals surface area contributed by atoms with Crippen molar-refractivity contribution in [1.82, 2.24) is 4.31 Å². The minimum atomic E-state index is -4.10. The van der Waals surface area contributed by atoms with Gasteiger partial charge in [0.05, 0.1) is 18.8 Å². The van der Waals surface area contributed by atoms with Crippen LogP contribution in [0.4, 0.5) is 0 Å². The Bertz CT molecular complexity index is 1000. The molecule has 0 aromatic heterocycles. The second-order valence-corrected chi connectivity index (χ2v) is 8.14. The smallest absolute Gasteiger partial charge is 0.357 e. The van der Waals surface area contributed by atoms with Gasteiger partial charge in [0, 0.05) is 4.47 Å². The normalized spacial score (nSPS) is 15.7. The Hall–Kier alpha value is -2.45. The molecule has 0 radical (unpaired) electrons. The fraction of sp³-hybridized carbons (Fsp3) is 0.158. The molecule has 0 atom stereocenters. The van der Waals surface area contributed by atoms with Crippen LogP contribution in [0.15, 0.2) is 69.5 Å². The highest BCUT2D eigenvalue weighted by Gasteiger charge is 2.32. The van der Waals surface area contributed by atoms with Crippen molar-refractivity contribution in [3.05, 3.63) is 76.3 Å². The first-order chi connectivity index (χ1) is 12.9. The Labute approximate surface area is 166 Å². The molecule has 1 aliphatic heterocycles. The Morgan fingerprint density at radius 1 is 1.11 bits per heavy atom. The highest BCUT2D eigenvalue weighted by molar-refractivity contribution is 9.10. The van der Waals surface area contributed by atoms with Gasteiger partial charge in [-0.1, -0.05) is 58.4 Å². The molecule has 8 heteroatoms. The van der Waals surface area contributed by atoms with Gasteiger partial charge in [-0.2, -0.15) is 8.42 Å². The molecule has 3 rings (SSSR count). The minimum Gasteiger partial charge on any atom is -0.461 e. The van der Waals surface area contributed by atoms with Crippen LogP contribution in [-0.2, 0) is 26.3 Å². The third kappa shape index (κ3) is 4.45. The summed E-state index contributed by atoms with van der Waals surface area (Å²) >= 11 is 3.37. The van der Waals surface area contributed by atoms with Gasteiger partial charge in [-0.3, -0.25) is 0 Å². The zero-order valence-electron chi connectivity index (χ0n) is 14.5. The Kier molecular flexibility index (Phi) is 5.76. The van der Waals surface area contributed by atoms with E-state index in [9.17, 15) is 13.2 Å². The summed E-state index contributed by atoms with van der Waals surface area (Å²) in [6.07, 6.45) is 1.45. The average Bonchev–Trinajstić information content (AvgIpc) is 2.65. The summed E-state index contributed by atoms with van der Waals surface area (Å²) in [6, 6.07) is 16.4. The number of benzene rings is 2. The van der Waals surface area contributed by atoms with E-state index >= 15 is 0 Å². The van der Waals surface area contributed by atoms with Crippen LogP contribution in [0.1, 0.15) is 18.1 Å². The van der Waals surface area contributed by atoms with Crippen molar-refractivity contribution in [2.24, 2.45) is 4.40 Å². The first-order valence-electron chi connectivity index (χ1n) is 8.22. The van der Waals surface area contributed by atoms with Crippen LogP contribution in [0.5, 0.6) is 0 Å². The SMILES string of the molecule is CCOC(=O)C1=NS(=O)(=O)N(Cc2ccccc2)C(c2ccc(Br)cc2)=C1. The zero-order valence-corrected chi connectivity index (χ0v) is 16.9. The standard InChI is InChI=1S/C19H17BrN2O4S/c1-2-26-19(23)17-12-18(15-8-10-16(20)11-9-15)22(27(24,25)21-17)13-14-6-4-3-5-7-14/h3-12H,2,13H2,1H3. The molecule has 0 saturated carbocycles. The van der Waals surface area contributed by atoms with Crippen LogP contribution >= 0.6 is 15.9 Å². The third-order valence-electron chi connectivity index (χ3n) is 3.83. The molecule has 2 aromatic carbocycles. The van der Waals surface area contributed by atoms with Gasteiger partial charge in [0.1, 0.15) is 0 Å². The fourth-order valence-electron chi connectivity index (χ4n) is 2.59. The van der Waals surface area contributed by atoms with Crippen LogP contribution in [0.25, 0.3) is 5.70 Å². The van der Waals surface area contributed by atoms with Crippen molar-refractivity contribution in [2.45, 2.75) is 13.5 Å². The molecule has 0 spiro atoms. The molecule has 140 valence electrons. The topological polar surface area (TPSA) is 76.0 Å². The molecule has 2 aromatic rings. The largest absolute Gasteiger partial charge is 0.461 e. The van der Waals surface area contributed by atoms with E-state index in [1.165, 1.54) is 10.4 Å². The van der Waals surface area contributed by atoms with E-state index in [4.69, 9.17) is 4.74 Å². The van der Waals surface area contributed by atoms with Crippen LogP contribution < -0.4 is 0 Å². The van der Waals surface area contributed by atoms with Gasteiger partial charge in [-0.15, -0.1) is 4.40 Å². The first kappa shape index (κ1) is 19.3. The van der Waals surface area contributed by atoms with Gasteiger partial charge in [0.25, 0.3) is 0 Å². The monoisotopic (exact) mass is 448 g/mol. The average molecular weight is 449 g/mol. The van der Waals surface area contributed by atoms with Crippen molar-refractivity contribution in [3.8, 4) is 0 Å². The molecule has 1 aliphatic rings. The molecule has 27 heavy (non-hydrogen) atoms. The molecule has 0 bridgehead atoms. The number of halogens is 1. The highest BCUT2D eigenvalue weighted by atomic mass is 79.9. The van der Waals surface area contributed by atoms with Crippen molar-refractivity contribution >= 4 is 43.5 Å². The lowest BCUT2D eigenvalue weighted by atomic mass is 10.1. The van der Waals surface area contributed by atoms with E-state index < -0.39 is 16.2 Å². The van der Waals surface area contributed by atoms with Crippen molar-refractivity contribution in [2.75, 3.05) is 6.61 Å².